The minimum Gasteiger partial charge on any atom is -0.481 e. The molecule has 21 heavy (non-hydrogen) atoms. The van der Waals surface area contributed by atoms with E-state index in [9.17, 15) is 18.3 Å². The highest BCUT2D eigenvalue weighted by Gasteiger charge is 2.53. The van der Waals surface area contributed by atoms with Crippen molar-refractivity contribution in [3.63, 3.8) is 0 Å². The SMILES string of the molecule is CO[C@@H]1CC(S(=O)(=O)c2ccccc2Cl)C[C@@]1(C)C(=O)O. The molecule has 1 unspecified atom stereocenters. The van der Waals surface area contributed by atoms with Gasteiger partial charge in [-0.15, -0.1) is 0 Å². The number of carbonyl (C=O) groups is 1. The monoisotopic (exact) mass is 332 g/mol. The van der Waals surface area contributed by atoms with E-state index >= 15 is 0 Å². The van der Waals surface area contributed by atoms with Gasteiger partial charge in [-0.1, -0.05) is 23.7 Å². The van der Waals surface area contributed by atoms with E-state index in [2.05, 4.69) is 0 Å². The molecule has 1 aromatic rings. The molecule has 3 atom stereocenters. The van der Waals surface area contributed by atoms with Crippen LogP contribution in [0.4, 0.5) is 0 Å². The summed E-state index contributed by atoms with van der Waals surface area (Å²) >= 11 is 5.96. The lowest BCUT2D eigenvalue weighted by Crippen LogP contribution is -2.36. The number of aliphatic carboxylic acids is 1. The lowest BCUT2D eigenvalue weighted by atomic mass is 9.87. The summed E-state index contributed by atoms with van der Waals surface area (Å²) in [5.41, 5.74) is -1.21. The van der Waals surface area contributed by atoms with Gasteiger partial charge in [0.1, 0.15) is 0 Å². The van der Waals surface area contributed by atoms with Gasteiger partial charge in [0.15, 0.2) is 9.84 Å². The van der Waals surface area contributed by atoms with Gasteiger partial charge in [0.05, 0.1) is 26.7 Å². The van der Waals surface area contributed by atoms with Crippen molar-refractivity contribution >= 4 is 27.4 Å². The third-order valence-electron chi connectivity index (χ3n) is 4.19. The molecule has 1 aliphatic carbocycles. The zero-order valence-corrected chi connectivity index (χ0v) is 13.3. The van der Waals surface area contributed by atoms with E-state index < -0.39 is 32.6 Å². The van der Waals surface area contributed by atoms with Crippen molar-refractivity contribution in [2.24, 2.45) is 5.41 Å². The molecule has 116 valence electrons. The van der Waals surface area contributed by atoms with Crippen molar-refractivity contribution in [3.8, 4) is 0 Å². The van der Waals surface area contributed by atoms with E-state index in [1.165, 1.54) is 26.2 Å². The van der Waals surface area contributed by atoms with Crippen LogP contribution in [0.1, 0.15) is 19.8 Å². The maximum atomic E-state index is 12.7. The number of methoxy groups -OCH3 is 1. The summed E-state index contributed by atoms with van der Waals surface area (Å²) in [5, 5.41) is 8.71. The molecule has 0 heterocycles. The van der Waals surface area contributed by atoms with E-state index in [1.807, 2.05) is 0 Å². The molecular formula is C14H17ClO5S. The number of rotatable bonds is 4. The van der Waals surface area contributed by atoms with Crippen molar-refractivity contribution in [1.29, 1.82) is 0 Å². The molecule has 1 fully saturated rings. The Labute approximate surface area is 128 Å². The largest absolute Gasteiger partial charge is 0.481 e. The van der Waals surface area contributed by atoms with Crippen LogP contribution >= 0.6 is 11.6 Å². The lowest BCUT2D eigenvalue weighted by molar-refractivity contribution is -0.154. The summed E-state index contributed by atoms with van der Waals surface area (Å²) in [5.74, 6) is -1.05. The minimum atomic E-state index is -3.69. The first kappa shape index (κ1) is 16.3. The van der Waals surface area contributed by atoms with E-state index in [4.69, 9.17) is 16.3 Å². The van der Waals surface area contributed by atoms with Crippen molar-refractivity contribution in [1.82, 2.24) is 0 Å². The quantitative estimate of drug-likeness (QED) is 0.915. The molecule has 7 heteroatoms. The highest BCUT2D eigenvalue weighted by Crippen LogP contribution is 2.45. The second kappa shape index (κ2) is 5.59. The maximum absolute atomic E-state index is 12.7. The third kappa shape index (κ3) is 2.67. The molecule has 0 saturated heterocycles. The van der Waals surface area contributed by atoms with Crippen LogP contribution in [-0.2, 0) is 19.4 Å². The molecule has 0 bridgehead atoms. The highest BCUT2D eigenvalue weighted by atomic mass is 35.5. The Kier molecular flexibility index (Phi) is 4.33. The molecule has 0 radical (unpaired) electrons. The van der Waals surface area contributed by atoms with Gasteiger partial charge >= 0.3 is 5.97 Å². The maximum Gasteiger partial charge on any atom is 0.312 e. The molecule has 1 aromatic carbocycles. The van der Waals surface area contributed by atoms with E-state index in [1.54, 1.807) is 12.1 Å². The van der Waals surface area contributed by atoms with Gasteiger partial charge in [-0.2, -0.15) is 0 Å². The molecule has 0 aromatic heterocycles. The Morgan fingerprint density at radius 2 is 2.05 bits per heavy atom. The van der Waals surface area contributed by atoms with Crippen LogP contribution in [0, 0.1) is 5.41 Å². The Morgan fingerprint density at radius 3 is 2.52 bits per heavy atom. The normalized spacial score (nSPS) is 29.5. The number of carboxylic acids is 1. The first-order valence-electron chi connectivity index (χ1n) is 6.48. The number of carboxylic acid groups (broad SMARTS) is 1. The molecule has 0 aliphatic heterocycles. The van der Waals surface area contributed by atoms with Crippen molar-refractivity contribution < 1.29 is 23.1 Å². The molecule has 0 spiro atoms. The Morgan fingerprint density at radius 1 is 1.43 bits per heavy atom. The zero-order chi connectivity index (χ0) is 15.8. The second-order valence-electron chi connectivity index (χ2n) is 5.48. The number of hydrogen-bond donors (Lipinski definition) is 1. The fourth-order valence-electron chi connectivity index (χ4n) is 2.86. The predicted molar refractivity (Wildman–Crippen MR) is 78.2 cm³/mol. The third-order valence-corrected chi connectivity index (χ3v) is 6.84. The van der Waals surface area contributed by atoms with Gasteiger partial charge in [-0.3, -0.25) is 4.79 Å². The summed E-state index contributed by atoms with van der Waals surface area (Å²) in [6, 6.07) is 6.19. The van der Waals surface area contributed by atoms with Crippen LogP contribution < -0.4 is 0 Å². The molecule has 1 N–H and O–H groups in total. The first-order valence-corrected chi connectivity index (χ1v) is 8.40. The summed E-state index contributed by atoms with van der Waals surface area (Å²) in [6.45, 7) is 1.52. The number of sulfone groups is 1. The lowest BCUT2D eigenvalue weighted by Gasteiger charge is -2.25. The number of hydrogen-bond acceptors (Lipinski definition) is 4. The highest BCUT2D eigenvalue weighted by molar-refractivity contribution is 7.92. The van der Waals surface area contributed by atoms with Gasteiger partial charge in [0.25, 0.3) is 0 Å². The standard InChI is InChI=1S/C14H17ClO5S/c1-14(13(16)17)8-9(7-12(14)20-2)21(18,19)11-6-4-3-5-10(11)15/h3-6,9,12H,7-8H2,1-2H3,(H,16,17)/t9?,12-,14-/m1/s1. The smallest absolute Gasteiger partial charge is 0.312 e. The number of halogens is 1. The van der Waals surface area contributed by atoms with Crippen molar-refractivity contribution in [3.05, 3.63) is 29.3 Å². The van der Waals surface area contributed by atoms with E-state index in [0.29, 0.717) is 0 Å². The summed E-state index contributed by atoms with van der Waals surface area (Å²) in [7, 11) is -2.29. The van der Waals surface area contributed by atoms with Crippen LogP contribution in [0.5, 0.6) is 0 Å². The molecule has 2 rings (SSSR count). The Hall–Kier alpha value is -1.11. The van der Waals surface area contributed by atoms with E-state index in [-0.39, 0.29) is 22.8 Å². The minimum absolute atomic E-state index is 0.00833. The Bertz CT molecular complexity index is 657. The average Bonchev–Trinajstić information content (AvgIpc) is 2.78. The molecule has 1 saturated carbocycles. The predicted octanol–water partition coefficient (Wildman–Crippen LogP) is 2.38. The fraction of sp³-hybridized carbons (Fsp3) is 0.500. The van der Waals surface area contributed by atoms with Crippen LogP contribution in [0.15, 0.2) is 29.2 Å². The van der Waals surface area contributed by atoms with Crippen LogP contribution in [0.25, 0.3) is 0 Å². The summed E-state index contributed by atoms with van der Waals surface area (Å²) in [6.07, 6.45) is -0.487. The summed E-state index contributed by atoms with van der Waals surface area (Å²) < 4.78 is 30.6. The van der Waals surface area contributed by atoms with Crippen LogP contribution in [0.3, 0.4) is 0 Å². The van der Waals surface area contributed by atoms with Crippen molar-refractivity contribution in [2.45, 2.75) is 36.0 Å². The summed E-state index contributed by atoms with van der Waals surface area (Å²) in [4.78, 5) is 11.5. The van der Waals surface area contributed by atoms with Gasteiger partial charge in [0, 0.05) is 7.11 Å². The fourth-order valence-corrected chi connectivity index (χ4v) is 5.28. The molecule has 5 nitrogen and oxygen atoms in total. The van der Waals surface area contributed by atoms with Gasteiger partial charge in [-0.05, 0) is 31.9 Å². The Balaban J connectivity index is 2.40. The molecule has 0 amide bonds. The molecular weight excluding hydrogens is 316 g/mol. The van der Waals surface area contributed by atoms with Crippen LogP contribution in [0.2, 0.25) is 5.02 Å². The van der Waals surface area contributed by atoms with Crippen molar-refractivity contribution in [2.75, 3.05) is 7.11 Å². The zero-order valence-electron chi connectivity index (χ0n) is 11.7. The van der Waals surface area contributed by atoms with Gasteiger partial charge < -0.3 is 9.84 Å². The topological polar surface area (TPSA) is 80.7 Å². The molecule has 1 aliphatic rings. The first-order chi connectivity index (χ1) is 9.73. The number of benzene rings is 1. The average molecular weight is 333 g/mol. The van der Waals surface area contributed by atoms with Gasteiger partial charge in [0.2, 0.25) is 0 Å². The number of ether oxygens (including phenoxy) is 1. The van der Waals surface area contributed by atoms with Crippen LogP contribution in [-0.4, -0.2) is 38.0 Å². The van der Waals surface area contributed by atoms with Gasteiger partial charge in [-0.25, -0.2) is 8.42 Å². The van der Waals surface area contributed by atoms with E-state index in [0.717, 1.165) is 0 Å². The second-order valence-corrected chi connectivity index (χ2v) is 8.09.